The molecule has 2 saturated heterocycles. The van der Waals surface area contributed by atoms with E-state index >= 15 is 0 Å². The van der Waals surface area contributed by atoms with Crippen molar-refractivity contribution in [2.75, 3.05) is 45.9 Å². The number of hydrogen-bond acceptors (Lipinski definition) is 9. The SMILES string of the molecule is Cc1c(-c2cc(OCC(C)(O)c3ccc(F)cn3)c3c(c2)ncn3C(F)F)nnn1C1CCN(CC2CN(C(=O)/C=C/CO)C2)CC1. The number of alkyl halides is 2. The summed E-state index contributed by atoms with van der Waals surface area (Å²) in [5.41, 5.74) is 0.790. The molecule has 2 aliphatic rings. The molecule has 2 fully saturated rings. The molecule has 0 aliphatic carbocycles. The molecule has 4 aromatic rings. The van der Waals surface area contributed by atoms with Gasteiger partial charge in [-0.05, 0) is 51.0 Å². The largest absolute Gasteiger partial charge is 0.488 e. The molecule has 0 radical (unpaired) electrons. The van der Waals surface area contributed by atoms with Gasteiger partial charge in [0.25, 0.3) is 0 Å². The fourth-order valence-corrected chi connectivity index (χ4v) is 6.30. The maximum absolute atomic E-state index is 13.9. The molecule has 2 aliphatic heterocycles. The molecule has 15 heteroatoms. The minimum atomic E-state index is -2.87. The maximum Gasteiger partial charge on any atom is 0.320 e. The summed E-state index contributed by atoms with van der Waals surface area (Å²) in [7, 11) is 0. The predicted molar refractivity (Wildman–Crippen MR) is 165 cm³/mol. The summed E-state index contributed by atoms with van der Waals surface area (Å²) in [5.74, 6) is -0.131. The Kier molecular flexibility index (Phi) is 9.30. The van der Waals surface area contributed by atoms with Crippen molar-refractivity contribution < 1.29 is 32.9 Å². The second kappa shape index (κ2) is 13.4. The number of rotatable bonds is 11. The van der Waals surface area contributed by atoms with Crippen molar-refractivity contribution in [2.24, 2.45) is 5.92 Å². The number of pyridine rings is 1. The molecule has 250 valence electrons. The highest BCUT2D eigenvalue weighted by Gasteiger charge is 2.33. The third kappa shape index (κ3) is 6.87. The molecule has 1 atom stereocenters. The Morgan fingerprint density at radius 1 is 1.19 bits per heavy atom. The van der Waals surface area contributed by atoms with Crippen molar-refractivity contribution >= 4 is 16.9 Å². The summed E-state index contributed by atoms with van der Waals surface area (Å²) in [4.78, 5) is 24.4. The van der Waals surface area contributed by atoms with Gasteiger partial charge in [0.15, 0.2) is 0 Å². The number of halogens is 3. The lowest BCUT2D eigenvalue weighted by molar-refractivity contribution is -0.132. The van der Waals surface area contributed by atoms with Gasteiger partial charge in [0.05, 0.1) is 35.8 Å². The van der Waals surface area contributed by atoms with Crippen LogP contribution >= 0.6 is 0 Å². The number of aromatic nitrogens is 6. The summed E-state index contributed by atoms with van der Waals surface area (Å²) in [5, 5.41) is 28.8. The number of carbonyl (C=O) groups excluding carboxylic acids is 1. The molecule has 1 aromatic carbocycles. The monoisotopic (exact) mass is 654 g/mol. The van der Waals surface area contributed by atoms with Gasteiger partial charge >= 0.3 is 6.55 Å². The first-order chi connectivity index (χ1) is 22.5. The lowest BCUT2D eigenvalue weighted by Gasteiger charge is -2.42. The van der Waals surface area contributed by atoms with Crippen LogP contribution in [-0.4, -0.2) is 101 Å². The van der Waals surface area contributed by atoms with Gasteiger partial charge in [-0.2, -0.15) is 8.78 Å². The van der Waals surface area contributed by atoms with Crippen LogP contribution < -0.4 is 4.74 Å². The van der Waals surface area contributed by atoms with Crippen molar-refractivity contribution in [1.82, 2.24) is 39.3 Å². The third-order valence-electron chi connectivity index (χ3n) is 8.89. The minimum Gasteiger partial charge on any atom is -0.488 e. The van der Waals surface area contributed by atoms with Crippen LogP contribution in [0.4, 0.5) is 13.2 Å². The average molecular weight is 655 g/mol. The summed E-state index contributed by atoms with van der Waals surface area (Å²) >= 11 is 0. The van der Waals surface area contributed by atoms with Gasteiger partial charge in [0.2, 0.25) is 5.91 Å². The van der Waals surface area contributed by atoms with Crippen LogP contribution in [-0.2, 0) is 10.4 Å². The zero-order valence-corrected chi connectivity index (χ0v) is 26.1. The first-order valence-electron chi connectivity index (χ1n) is 15.5. The fraction of sp³-hybridized carbons (Fsp3) is 0.469. The average Bonchev–Trinajstić information content (AvgIpc) is 3.64. The molecule has 3 aromatic heterocycles. The normalized spacial score (nSPS) is 17.9. The second-order valence-corrected chi connectivity index (χ2v) is 12.4. The topological polar surface area (TPSA) is 135 Å². The Morgan fingerprint density at radius 3 is 2.64 bits per heavy atom. The number of nitrogens with zero attached hydrogens (tertiary/aromatic N) is 8. The molecule has 0 spiro atoms. The first-order valence-corrected chi connectivity index (χ1v) is 15.5. The lowest BCUT2D eigenvalue weighted by Crippen LogP contribution is -2.54. The van der Waals surface area contributed by atoms with Crippen molar-refractivity contribution in [3.63, 3.8) is 0 Å². The van der Waals surface area contributed by atoms with E-state index < -0.39 is 18.0 Å². The van der Waals surface area contributed by atoms with Crippen molar-refractivity contribution in [3.05, 3.63) is 66.1 Å². The van der Waals surface area contributed by atoms with E-state index in [1.807, 2.05) is 11.6 Å². The summed E-state index contributed by atoms with van der Waals surface area (Å²) in [6.07, 6.45) is 6.63. The number of amides is 1. The molecule has 1 amide bonds. The quantitative estimate of drug-likeness (QED) is 0.233. The minimum absolute atomic E-state index is 0.0598. The van der Waals surface area contributed by atoms with E-state index in [-0.39, 0.29) is 47.6 Å². The zero-order valence-electron chi connectivity index (χ0n) is 26.1. The van der Waals surface area contributed by atoms with E-state index in [2.05, 4.69) is 25.2 Å². The fourth-order valence-electron chi connectivity index (χ4n) is 6.30. The number of ether oxygens (including phenoxy) is 1. The van der Waals surface area contributed by atoms with Gasteiger partial charge < -0.3 is 24.7 Å². The third-order valence-corrected chi connectivity index (χ3v) is 8.89. The first kappa shape index (κ1) is 32.6. The van der Waals surface area contributed by atoms with E-state index in [0.29, 0.717) is 34.8 Å². The highest BCUT2D eigenvalue weighted by atomic mass is 19.3. The van der Waals surface area contributed by atoms with Gasteiger partial charge in [0.1, 0.15) is 41.3 Å². The lowest BCUT2D eigenvalue weighted by atomic mass is 9.97. The number of aliphatic hydroxyl groups excluding tert-OH is 1. The molecule has 2 N–H and O–H groups in total. The van der Waals surface area contributed by atoms with Crippen LogP contribution in [0.3, 0.4) is 0 Å². The molecule has 0 bridgehead atoms. The highest BCUT2D eigenvalue weighted by Crippen LogP contribution is 2.36. The Hall–Kier alpha value is -4.34. The van der Waals surface area contributed by atoms with Gasteiger partial charge in [-0.3, -0.25) is 14.3 Å². The molecular formula is C32H37F3N8O4. The van der Waals surface area contributed by atoms with Crippen molar-refractivity contribution in [2.45, 2.75) is 44.9 Å². The number of carbonyl (C=O) groups is 1. The molecule has 6 rings (SSSR count). The molecular weight excluding hydrogens is 617 g/mol. The number of benzene rings is 1. The van der Waals surface area contributed by atoms with Crippen molar-refractivity contribution in [1.29, 1.82) is 0 Å². The maximum atomic E-state index is 13.9. The van der Waals surface area contributed by atoms with Crippen molar-refractivity contribution in [3.8, 4) is 17.0 Å². The second-order valence-electron chi connectivity index (χ2n) is 12.4. The van der Waals surface area contributed by atoms with E-state index in [9.17, 15) is 23.1 Å². The van der Waals surface area contributed by atoms with Gasteiger partial charge in [0, 0.05) is 50.3 Å². The van der Waals surface area contributed by atoms with E-state index in [1.165, 1.54) is 31.2 Å². The van der Waals surface area contributed by atoms with Crippen LogP contribution in [0.1, 0.15) is 43.7 Å². The van der Waals surface area contributed by atoms with E-state index in [4.69, 9.17) is 9.84 Å². The Morgan fingerprint density at radius 2 is 1.96 bits per heavy atom. The van der Waals surface area contributed by atoms with Gasteiger partial charge in [-0.25, -0.2) is 14.1 Å². The number of likely N-dealkylation sites (tertiary alicyclic amines) is 2. The zero-order chi connectivity index (χ0) is 33.3. The molecule has 1 unspecified atom stereocenters. The predicted octanol–water partition coefficient (Wildman–Crippen LogP) is 3.46. The number of fused-ring (bicyclic) bond motifs is 1. The van der Waals surface area contributed by atoms with Crippen LogP contribution in [0.25, 0.3) is 22.3 Å². The molecule has 47 heavy (non-hydrogen) atoms. The highest BCUT2D eigenvalue weighted by molar-refractivity contribution is 5.88. The number of hydrogen-bond donors (Lipinski definition) is 2. The smallest absolute Gasteiger partial charge is 0.320 e. The van der Waals surface area contributed by atoms with E-state index in [1.54, 1.807) is 17.0 Å². The van der Waals surface area contributed by atoms with Crippen LogP contribution in [0.15, 0.2) is 48.9 Å². The Bertz CT molecular complexity index is 1740. The Balaban J connectivity index is 1.15. The van der Waals surface area contributed by atoms with Crippen LogP contribution in [0.5, 0.6) is 5.75 Å². The number of piperidine rings is 1. The number of aliphatic hydroxyl groups is 2. The summed E-state index contributed by atoms with van der Waals surface area (Å²) < 4.78 is 49.8. The standard InChI is InChI=1S/C32H37F3N8O4/c1-20-29(38-39-43(20)24-7-9-40(10-8-24)15-21-16-41(17-21)28(45)4-3-11-44)22-12-25-30(42(19-37-25)31(34)35)26(13-22)47-18-32(2,46)27-6-5-23(33)14-36-27/h3-6,12-14,19,21,24,31,44,46H,7-11,15-18H2,1-2H3/b4-3+. The summed E-state index contributed by atoms with van der Waals surface area (Å²) in [6, 6.07) is 5.89. The van der Waals surface area contributed by atoms with Crippen LogP contribution in [0, 0.1) is 18.7 Å². The Labute approximate surface area is 269 Å². The van der Waals surface area contributed by atoms with Gasteiger partial charge in [-0.15, -0.1) is 5.10 Å². The summed E-state index contributed by atoms with van der Waals surface area (Å²) in [6.45, 7) is 4.10. The van der Waals surface area contributed by atoms with E-state index in [0.717, 1.165) is 50.7 Å². The van der Waals surface area contributed by atoms with Crippen LogP contribution in [0.2, 0.25) is 0 Å². The van der Waals surface area contributed by atoms with Gasteiger partial charge in [-0.1, -0.05) is 11.3 Å². The number of imidazole rings is 1. The molecule has 5 heterocycles. The molecule has 0 saturated carbocycles. The molecule has 12 nitrogen and oxygen atoms in total.